The first-order valence-electron chi connectivity index (χ1n) is 10.9. The topological polar surface area (TPSA) is 65.0 Å². The molecule has 27 heavy (non-hydrogen) atoms. The highest BCUT2D eigenvalue weighted by molar-refractivity contribution is 7.92. The first-order valence-corrected chi connectivity index (χ1v) is 12.6. The number of guanidine groups is 1. The van der Waals surface area contributed by atoms with Crippen molar-refractivity contribution in [2.45, 2.75) is 63.0 Å². The average molecular weight is 399 g/mol. The lowest BCUT2D eigenvalue weighted by Crippen LogP contribution is -2.60. The first kappa shape index (κ1) is 20.9. The van der Waals surface area contributed by atoms with Gasteiger partial charge in [-0.3, -0.25) is 4.99 Å². The summed E-state index contributed by atoms with van der Waals surface area (Å²) in [6, 6.07) is 0. The Bertz CT molecular complexity index is 605. The van der Waals surface area contributed by atoms with E-state index in [2.05, 4.69) is 27.0 Å². The summed E-state index contributed by atoms with van der Waals surface area (Å²) in [7, 11) is -1.18. The number of hydrogen-bond acceptors (Lipinski definition) is 4. The minimum absolute atomic E-state index is 0.267. The lowest BCUT2D eigenvalue weighted by Gasteiger charge is -2.45. The van der Waals surface area contributed by atoms with E-state index in [1.807, 2.05) is 7.05 Å². The molecule has 3 fully saturated rings. The second-order valence-electron chi connectivity index (χ2n) is 8.62. The summed E-state index contributed by atoms with van der Waals surface area (Å²) in [6.45, 7) is 7.97. The van der Waals surface area contributed by atoms with Crippen LogP contribution in [-0.2, 0) is 9.84 Å². The number of aliphatic imine (C=N–C) groups is 1. The quantitative estimate of drug-likeness (QED) is 0.580. The minimum atomic E-state index is -3.00. The predicted octanol–water partition coefficient (Wildman–Crippen LogP) is 2.12. The van der Waals surface area contributed by atoms with E-state index in [1.165, 1.54) is 38.8 Å². The normalized spacial score (nSPS) is 27.0. The first-order chi connectivity index (χ1) is 13.0. The molecule has 0 bridgehead atoms. The van der Waals surface area contributed by atoms with Crippen molar-refractivity contribution in [3.05, 3.63) is 0 Å². The van der Waals surface area contributed by atoms with Crippen LogP contribution in [0.2, 0.25) is 0 Å². The van der Waals surface area contributed by atoms with Crippen LogP contribution in [0.15, 0.2) is 4.99 Å². The van der Waals surface area contributed by atoms with E-state index in [0.29, 0.717) is 13.1 Å². The van der Waals surface area contributed by atoms with Gasteiger partial charge in [-0.2, -0.15) is 0 Å². The van der Waals surface area contributed by atoms with Crippen molar-refractivity contribution in [2.24, 2.45) is 10.9 Å². The molecule has 2 heterocycles. The summed E-state index contributed by atoms with van der Waals surface area (Å²) in [5, 5.41) is 3.53. The van der Waals surface area contributed by atoms with Gasteiger partial charge in [-0.1, -0.05) is 26.2 Å². The van der Waals surface area contributed by atoms with Crippen LogP contribution in [0.5, 0.6) is 0 Å². The Kier molecular flexibility index (Phi) is 7.06. The Morgan fingerprint density at radius 1 is 1.15 bits per heavy atom. The summed E-state index contributed by atoms with van der Waals surface area (Å²) in [4.78, 5) is 9.20. The van der Waals surface area contributed by atoms with Crippen molar-refractivity contribution < 1.29 is 8.42 Å². The van der Waals surface area contributed by atoms with Gasteiger partial charge in [0.15, 0.2) is 15.8 Å². The van der Waals surface area contributed by atoms with Crippen molar-refractivity contribution in [1.29, 1.82) is 0 Å². The molecular weight excluding hydrogens is 360 g/mol. The van der Waals surface area contributed by atoms with Gasteiger partial charge in [0.05, 0.1) is 10.5 Å². The molecule has 1 aliphatic carbocycles. The van der Waals surface area contributed by atoms with Crippen molar-refractivity contribution in [1.82, 2.24) is 15.1 Å². The van der Waals surface area contributed by atoms with Gasteiger partial charge < -0.3 is 15.1 Å². The molecule has 7 heteroatoms. The fourth-order valence-corrected chi connectivity index (χ4v) is 7.29. The molecule has 0 aromatic heterocycles. The van der Waals surface area contributed by atoms with Gasteiger partial charge in [-0.15, -0.1) is 0 Å². The lowest BCUT2D eigenvalue weighted by atomic mass is 9.87. The number of sulfone groups is 1. The molecule has 0 unspecified atom stereocenters. The van der Waals surface area contributed by atoms with E-state index >= 15 is 0 Å². The third-order valence-electron chi connectivity index (χ3n) is 7.03. The van der Waals surface area contributed by atoms with Crippen molar-refractivity contribution >= 4 is 15.8 Å². The summed E-state index contributed by atoms with van der Waals surface area (Å²) < 4.78 is 25.1. The van der Waals surface area contributed by atoms with Gasteiger partial charge in [0, 0.05) is 26.7 Å². The van der Waals surface area contributed by atoms with Crippen LogP contribution in [0.4, 0.5) is 0 Å². The number of likely N-dealkylation sites (tertiary alicyclic amines) is 1. The number of hydrogen-bond donors (Lipinski definition) is 1. The number of nitrogens with one attached hydrogen (secondary N) is 1. The molecule has 0 aromatic carbocycles. The van der Waals surface area contributed by atoms with Crippen LogP contribution < -0.4 is 5.32 Å². The smallest absolute Gasteiger partial charge is 0.193 e. The zero-order valence-electron chi connectivity index (χ0n) is 17.3. The molecule has 0 atom stereocenters. The SMILES string of the molecule is CCN1CCC(CCNC(=NC)N2CCS(=O)(=O)C3(CCCCC3)C2)CC1. The molecule has 2 saturated heterocycles. The average Bonchev–Trinajstić information content (AvgIpc) is 2.69. The third-order valence-corrected chi connectivity index (χ3v) is 9.61. The Hall–Kier alpha value is -0.820. The van der Waals surface area contributed by atoms with Crippen LogP contribution >= 0.6 is 0 Å². The molecule has 6 nitrogen and oxygen atoms in total. The predicted molar refractivity (Wildman–Crippen MR) is 112 cm³/mol. The summed E-state index contributed by atoms with van der Waals surface area (Å²) in [6.07, 6.45) is 8.64. The van der Waals surface area contributed by atoms with Gasteiger partial charge in [0.2, 0.25) is 0 Å². The fourth-order valence-electron chi connectivity index (χ4n) is 5.13. The standard InChI is InChI=1S/C20H38N4O2S/c1-3-23-13-8-18(9-14-23)7-12-22-19(21-2)24-15-16-27(25,26)20(17-24)10-5-4-6-11-20/h18H,3-17H2,1-2H3,(H,21,22). The minimum Gasteiger partial charge on any atom is -0.356 e. The molecule has 1 N–H and O–H groups in total. The summed E-state index contributed by atoms with van der Waals surface area (Å²) in [5.74, 6) is 1.95. The molecule has 0 amide bonds. The number of nitrogens with zero attached hydrogens (tertiary/aromatic N) is 3. The largest absolute Gasteiger partial charge is 0.356 e. The Morgan fingerprint density at radius 2 is 1.85 bits per heavy atom. The molecule has 1 saturated carbocycles. The molecule has 3 rings (SSSR count). The molecular formula is C20H38N4O2S. The van der Waals surface area contributed by atoms with Crippen molar-refractivity contribution in [3.63, 3.8) is 0 Å². The Labute approximate surface area is 165 Å². The maximum absolute atomic E-state index is 12.8. The van der Waals surface area contributed by atoms with E-state index in [1.54, 1.807) is 0 Å². The van der Waals surface area contributed by atoms with E-state index in [9.17, 15) is 8.42 Å². The Morgan fingerprint density at radius 3 is 2.48 bits per heavy atom. The number of piperidine rings is 1. The van der Waals surface area contributed by atoms with E-state index < -0.39 is 14.6 Å². The highest BCUT2D eigenvalue weighted by atomic mass is 32.2. The molecule has 0 aromatic rings. The Balaban J connectivity index is 1.52. The van der Waals surface area contributed by atoms with Gasteiger partial charge in [0.25, 0.3) is 0 Å². The van der Waals surface area contributed by atoms with Crippen molar-refractivity contribution in [3.8, 4) is 0 Å². The van der Waals surface area contributed by atoms with Crippen LogP contribution in [-0.4, -0.2) is 81.0 Å². The highest BCUT2D eigenvalue weighted by Gasteiger charge is 2.48. The maximum Gasteiger partial charge on any atom is 0.193 e. The van der Waals surface area contributed by atoms with E-state index in [-0.39, 0.29) is 5.75 Å². The van der Waals surface area contributed by atoms with Gasteiger partial charge in [0.1, 0.15) is 0 Å². The van der Waals surface area contributed by atoms with Gasteiger partial charge in [-0.05, 0) is 57.7 Å². The molecule has 1 spiro atoms. The van der Waals surface area contributed by atoms with Crippen LogP contribution in [0.25, 0.3) is 0 Å². The maximum atomic E-state index is 12.8. The lowest BCUT2D eigenvalue weighted by molar-refractivity contribution is 0.187. The summed E-state index contributed by atoms with van der Waals surface area (Å²) >= 11 is 0. The van der Waals surface area contributed by atoms with Crippen LogP contribution in [0.3, 0.4) is 0 Å². The van der Waals surface area contributed by atoms with Crippen molar-refractivity contribution in [2.75, 3.05) is 52.1 Å². The van der Waals surface area contributed by atoms with Gasteiger partial charge in [-0.25, -0.2) is 8.42 Å². The summed E-state index contributed by atoms with van der Waals surface area (Å²) in [5.41, 5.74) is 0. The third kappa shape index (κ3) is 4.78. The number of rotatable bonds is 4. The van der Waals surface area contributed by atoms with Gasteiger partial charge >= 0.3 is 0 Å². The zero-order chi connectivity index (χ0) is 19.3. The van der Waals surface area contributed by atoms with E-state index in [4.69, 9.17) is 0 Å². The molecule has 3 aliphatic rings. The zero-order valence-corrected chi connectivity index (χ0v) is 18.1. The van der Waals surface area contributed by atoms with E-state index in [0.717, 1.165) is 50.7 Å². The monoisotopic (exact) mass is 398 g/mol. The molecule has 156 valence electrons. The van der Waals surface area contributed by atoms with Crippen LogP contribution in [0, 0.1) is 5.92 Å². The molecule has 2 aliphatic heterocycles. The van der Waals surface area contributed by atoms with Crippen LogP contribution in [0.1, 0.15) is 58.3 Å². The molecule has 0 radical (unpaired) electrons. The second-order valence-corrected chi connectivity index (χ2v) is 11.1. The fraction of sp³-hybridized carbons (Fsp3) is 0.950. The second kappa shape index (κ2) is 9.12. The highest BCUT2D eigenvalue weighted by Crippen LogP contribution is 2.38.